The molecule has 94 valence electrons. The van der Waals surface area contributed by atoms with Gasteiger partial charge in [-0.15, -0.1) is 0 Å². The quantitative estimate of drug-likeness (QED) is 0.598. The Kier molecular flexibility index (Phi) is 4.73. The van der Waals surface area contributed by atoms with Gasteiger partial charge in [-0.2, -0.15) is 0 Å². The van der Waals surface area contributed by atoms with Crippen LogP contribution in [-0.2, 0) is 0 Å². The summed E-state index contributed by atoms with van der Waals surface area (Å²) in [6, 6.07) is 0. The minimum atomic E-state index is 0.911. The molecule has 0 aromatic rings. The van der Waals surface area contributed by atoms with Crippen LogP contribution < -0.4 is 0 Å². The molecule has 0 unspecified atom stereocenters. The fourth-order valence-electron chi connectivity index (χ4n) is 4.32. The van der Waals surface area contributed by atoms with Crippen LogP contribution in [0, 0.1) is 23.7 Å². The average Bonchev–Trinajstić information content (AvgIpc) is 2.30. The molecule has 0 saturated heterocycles. The lowest BCUT2D eigenvalue weighted by Crippen LogP contribution is -2.29. The maximum absolute atomic E-state index is 2.41. The van der Waals surface area contributed by atoms with E-state index in [0.29, 0.717) is 0 Å². The van der Waals surface area contributed by atoms with Gasteiger partial charge in [0.15, 0.2) is 0 Å². The molecular weight excluding hydrogens is 192 g/mol. The van der Waals surface area contributed by atoms with Gasteiger partial charge >= 0.3 is 0 Å². The summed E-state index contributed by atoms with van der Waals surface area (Å²) >= 11 is 0. The van der Waals surface area contributed by atoms with Crippen LogP contribution in [0.15, 0.2) is 0 Å². The van der Waals surface area contributed by atoms with Crippen molar-refractivity contribution in [1.29, 1.82) is 0 Å². The fourth-order valence-corrected chi connectivity index (χ4v) is 4.32. The van der Waals surface area contributed by atoms with E-state index in [4.69, 9.17) is 0 Å². The minimum Gasteiger partial charge on any atom is -0.0628 e. The fraction of sp³-hybridized carbons (Fsp3) is 1.00. The maximum Gasteiger partial charge on any atom is -0.0357 e. The van der Waals surface area contributed by atoms with Crippen LogP contribution in [0.25, 0.3) is 0 Å². The van der Waals surface area contributed by atoms with Crippen molar-refractivity contribution < 1.29 is 0 Å². The predicted molar refractivity (Wildman–Crippen MR) is 71.5 cm³/mol. The number of hydrogen-bond acceptors (Lipinski definition) is 0. The lowest BCUT2D eigenvalue weighted by atomic mass is 9.66. The van der Waals surface area contributed by atoms with Crippen LogP contribution >= 0.6 is 0 Å². The van der Waals surface area contributed by atoms with Crippen molar-refractivity contribution in [1.82, 2.24) is 0 Å². The normalized spacial score (nSPS) is 33.2. The summed E-state index contributed by atoms with van der Waals surface area (Å²) in [5.74, 6) is 4.21. The lowest BCUT2D eigenvalue weighted by molar-refractivity contribution is 0.113. The van der Waals surface area contributed by atoms with E-state index in [1.807, 2.05) is 0 Å². The van der Waals surface area contributed by atoms with Gasteiger partial charge in [-0.25, -0.2) is 0 Å². The van der Waals surface area contributed by atoms with Crippen LogP contribution in [0.4, 0.5) is 0 Å². The van der Waals surface area contributed by atoms with Crippen molar-refractivity contribution in [3.8, 4) is 0 Å². The van der Waals surface area contributed by atoms with Gasteiger partial charge in [0.2, 0.25) is 0 Å². The van der Waals surface area contributed by atoms with Gasteiger partial charge in [0.25, 0.3) is 0 Å². The van der Waals surface area contributed by atoms with Crippen molar-refractivity contribution in [3.63, 3.8) is 0 Å². The first kappa shape index (κ1) is 12.5. The average molecular weight is 222 g/mol. The Labute approximate surface area is 102 Å². The topological polar surface area (TPSA) is 0 Å². The highest BCUT2D eigenvalue weighted by molar-refractivity contribution is 4.83. The van der Waals surface area contributed by atoms with Crippen LogP contribution in [-0.4, -0.2) is 0 Å². The Morgan fingerprint density at radius 1 is 0.812 bits per heavy atom. The molecule has 0 bridgehead atoms. The van der Waals surface area contributed by atoms with Crippen molar-refractivity contribution >= 4 is 0 Å². The molecule has 0 aromatic carbocycles. The molecule has 2 aliphatic rings. The van der Waals surface area contributed by atoms with Gasteiger partial charge in [-0.1, -0.05) is 65.2 Å². The van der Waals surface area contributed by atoms with Crippen molar-refractivity contribution in [2.24, 2.45) is 23.7 Å². The van der Waals surface area contributed by atoms with Crippen molar-refractivity contribution in [2.75, 3.05) is 0 Å². The summed E-state index contributed by atoms with van der Waals surface area (Å²) in [4.78, 5) is 0. The standard InChI is InChI=1S/C16H30/c1-13(2)12-15-10-6-7-11-16(15)14-8-4-3-5-9-14/h13-16H,3-12H2,1-2H3/t15-,16+/m0/s1. The van der Waals surface area contributed by atoms with Gasteiger partial charge in [-0.05, 0) is 36.5 Å². The molecule has 2 aliphatic carbocycles. The summed E-state index contributed by atoms with van der Waals surface area (Å²) in [6.45, 7) is 4.82. The van der Waals surface area contributed by atoms with E-state index in [1.54, 1.807) is 25.7 Å². The smallest absolute Gasteiger partial charge is 0.0357 e. The first-order chi connectivity index (χ1) is 7.77. The number of rotatable bonds is 3. The molecule has 0 radical (unpaired) electrons. The maximum atomic E-state index is 2.41. The van der Waals surface area contributed by atoms with Gasteiger partial charge < -0.3 is 0 Å². The van der Waals surface area contributed by atoms with Crippen LogP contribution in [0.5, 0.6) is 0 Å². The van der Waals surface area contributed by atoms with E-state index in [9.17, 15) is 0 Å². The molecular formula is C16H30. The van der Waals surface area contributed by atoms with Gasteiger partial charge in [0, 0.05) is 0 Å². The molecule has 2 rings (SSSR count). The van der Waals surface area contributed by atoms with E-state index < -0.39 is 0 Å². The highest BCUT2D eigenvalue weighted by atomic mass is 14.4. The monoisotopic (exact) mass is 222 g/mol. The molecule has 2 atom stereocenters. The van der Waals surface area contributed by atoms with E-state index in [1.165, 1.54) is 38.5 Å². The summed E-state index contributed by atoms with van der Waals surface area (Å²) in [5, 5.41) is 0. The molecule has 0 heterocycles. The van der Waals surface area contributed by atoms with Gasteiger partial charge in [-0.3, -0.25) is 0 Å². The second-order valence-corrected chi connectivity index (χ2v) is 6.74. The van der Waals surface area contributed by atoms with Crippen LogP contribution in [0.3, 0.4) is 0 Å². The van der Waals surface area contributed by atoms with E-state index >= 15 is 0 Å². The summed E-state index contributed by atoms with van der Waals surface area (Å²) in [6.07, 6.45) is 15.3. The first-order valence-electron chi connectivity index (χ1n) is 7.77. The Morgan fingerprint density at radius 3 is 2.12 bits per heavy atom. The van der Waals surface area contributed by atoms with E-state index in [2.05, 4.69) is 13.8 Å². The molecule has 0 aromatic heterocycles. The van der Waals surface area contributed by atoms with E-state index in [-0.39, 0.29) is 0 Å². The Hall–Kier alpha value is 0. The summed E-state index contributed by atoms with van der Waals surface area (Å²) in [5.41, 5.74) is 0. The molecule has 16 heavy (non-hydrogen) atoms. The third kappa shape index (κ3) is 3.25. The van der Waals surface area contributed by atoms with Crippen LogP contribution in [0.2, 0.25) is 0 Å². The second-order valence-electron chi connectivity index (χ2n) is 6.74. The van der Waals surface area contributed by atoms with Crippen molar-refractivity contribution in [3.05, 3.63) is 0 Å². The largest absolute Gasteiger partial charge is 0.0628 e. The molecule has 0 amide bonds. The van der Waals surface area contributed by atoms with Gasteiger partial charge in [0.05, 0.1) is 0 Å². The minimum absolute atomic E-state index is 0.911. The predicted octanol–water partition coefficient (Wildman–Crippen LogP) is 5.42. The molecule has 0 nitrogen and oxygen atoms in total. The zero-order chi connectivity index (χ0) is 11.4. The molecule has 0 N–H and O–H groups in total. The highest BCUT2D eigenvalue weighted by Gasteiger charge is 2.32. The molecule has 2 saturated carbocycles. The lowest BCUT2D eigenvalue weighted by Gasteiger charge is -2.40. The highest BCUT2D eigenvalue weighted by Crippen LogP contribution is 2.43. The zero-order valence-electron chi connectivity index (χ0n) is 11.4. The Bertz CT molecular complexity index is 188. The van der Waals surface area contributed by atoms with E-state index in [0.717, 1.165) is 23.7 Å². The SMILES string of the molecule is CC(C)C[C@@H]1CCCC[C@@H]1C1CCCCC1. The Morgan fingerprint density at radius 2 is 1.44 bits per heavy atom. The van der Waals surface area contributed by atoms with Crippen molar-refractivity contribution in [2.45, 2.75) is 78.1 Å². The molecule has 0 spiro atoms. The molecule has 0 aliphatic heterocycles. The molecule has 0 heteroatoms. The Balaban J connectivity index is 1.92. The van der Waals surface area contributed by atoms with Crippen LogP contribution in [0.1, 0.15) is 78.1 Å². The third-order valence-corrected chi connectivity index (χ3v) is 5.00. The summed E-state index contributed by atoms with van der Waals surface area (Å²) in [7, 11) is 0. The zero-order valence-corrected chi connectivity index (χ0v) is 11.4. The number of hydrogen-bond donors (Lipinski definition) is 0. The molecule has 2 fully saturated rings. The second kappa shape index (κ2) is 6.07. The summed E-state index contributed by atoms with van der Waals surface area (Å²) < 4.78 is 0. The first-order valence-corrected chi connectivity index (χ1v) is 7.77. The third-order valence-electron chi connectivity index (χ3n) is 5.00. The van der Waals surface area contributed by atoms with Gasteiger partial charge in [0.1, 0.15) is 0 Å².